The molecule has 0 bridgehead atoms. The van der Waals surface area contributed by atoms with Crippen molar-refractivity contribution in [1.82, 2.24) is 10.2 Å². The molecule has 1 spiro atoms. The molecule has 1 atom stereocenters. The highest BCUT2D eigenvalue weighted by molar-refractivity contribution is 8.00. The number of nitrogens with zero attached hydrogens (tertiary/aromatic N) is 1. The maximum Gasteiger partial charge on any atom is 0.228 e. The number of carbonyl (C=O) groups excluding carboxylic acids is 1. The SMILES string of the molecule is CC(C)(C)C(=O)N1CCC2(C1)NCCS2. The number of hydrogen-bond donors (Lipinski definition) is 1. The van der Waals surface area contributed by atoms with Crippen molar-refractivity contribution < 1.29 is 4.79 Å². The highest BCUT2D eigenvalue weighted by atomic mass is 32.2. The van der Waals surface area contributed by atoms with Crippen molar-refractivity contribution in [3.05, 3.63) is 0 Å². The first-order valence-corrected chi connectivity index (χ1v) is 6.60. The molecule has 1 N–H and O–H groups in total. The van der Waals surface area contributed by atoms with E-state index < -0.39 is 0 Å². The van der Waals surface area contributed by atoms with Crippen LogP contribution < -0.4 is 5.32 Å². The van der Waals surface area contributed by atoms with Crippen LogP contribution in [0.5, 0.6) is 0 Å². The largest absolute Gasteiger partial charge is 0.339 e. The highest BCUT2D eigenvalue weighted by Crippen LogP contribution is 2.37. The van der Waals surface area contributed by atoms with Gasteiger partial charge in [-0.15, -0.1) is 11.8 Å². The van der Waals surface area contributed by atoms with Crippen LogP contribution in [0.4, 0.5) is 0 Å². The van der Waals surface area contributed by atoms with Gasteiger partial charge in [0.2, 0.25) is 5.91 Å². The second-order valence-electron chi connectivity index (χ2n) is 5.50. The summed E-state index contributed by atoms with van der Waals surface area (Å²) in [5, 5.41) is 3.54. The average Bonchev–Trinajstić information content (AvgIpc) is 2.75. The lowest BCUT2D eigenvalue weighted by atomic mass is 9.95. The highest BCUT2D eigenvalue weighted by Gasteiger charge is 2.44. The lowest BCUT2D eigenvalue weighted by Gasteiger charge is -2.28. The van der Waals surface area contributed by atoms with Gasteiger partial charge in [0.05, 0.1) is 4.87 Å². The number of nitrogens with one attached hydrogen (secondary N) is 1. The van der Waals surface area contributed by atoms with E-state index in [4.69, 9.17) is 0 Å². The van der Waals surface area contributed by atoms with Crippen molar-refractivity contribution >= 4 is 17.7 Å². The molecule has 0 aromatic carbocycles. The first-order valence-electron chi connectivity index (χ1n) is 5.61. The van der Waals surface area contributed by atoms with Crippen LogP contribution in [0.25, 0.3) is 0 Å². The van der Waals surface area contributed by atoms with E-state index in [1.165, 1.54) is 5.75 Å². The first-order chi connectivity index (χ1) is 6.93. The number of rotatable bonds is 0. The third-order valence-corrected chi connectivity index (χ3v) is 4.53. The molecule has 0 aliphatic carbocycles. The fourth-order valence-electron chi connectivity index (χ4n) is 2.27. The fraction of sp³-hybridized carbons (Fsp3) is 0.909. The number of thioether (sulfide) groups is 1. The number of amides is 1. The van der Waals surface area contributed by atoms with Gasteiger partial charge in [-0.05, 0) is 6.42 Å². The molecule has 3 nitrogen and oxygen atoms in total. The molecule has 0 saturated carbocycles. The van der Waals surface area contributed by atoms with E-state index in [0.717, 1.165) is 26.1 Å². The van der Waals surface area contributed by atoms with Crippen molar-refractivity contribution in [3.8, 4) is 0 Å². The van der Waals surface area contributed by atoms with Gasteiger partial charge in [0.1, 0.15) is 0 Å². The van der Waals surface area contributed by atoms with Gasteiger partial charge in [-0.3, -0.25) is 4.79 Å². The summed E-state index contributed by atoms with van der Waals surface area (Å²) >= 11 is 1.98. The van der Waals surface area contributed by atoms with Crippen LogP contribution in [0, 0.1) is 5.41 Å². The molecule has 2 aliphatic rings. The normalized spacial score (nSPS) is 31.5. The second-order valence-corrected chi connectivity index (χ2v) is 6.97. The summed E-state index contributed by atoms with van der Waals surface area (Å²) < 4.78 is 0. The van der Waals surface area contributed by atoms with Crippen molar-refractivity contribution in [2.45, 2.75) is 32.1 Å². The van der Waals surface area contributed by atoms with Gasteiger partial charge < -0.3 is 10.2 Å². The van der Waals surface area contributed by atoms with Gasteiger partial charge in [-0.25, -0.2) is 0 Å². The van der Waals surface area contributed by atoms with E-state index in [1.807, 2.05) is 37.4 Å². The Morgan fingerprint density at radius 1 is 1.47 bits per heavy atom. The zero-order valence-corrected chi connectivity index (χ0v) is 10.6. The topological polar surface area (TPSA) is 32.3 Å². The Balaban J connectivity index is 2.01. The molecule has 1 amide bonds. The van der Waals surface area contributed by atoms with Crippen LogP contribution in [-0.2, 0) is 4.79 Å². The van der Waals surface area contributed by atoms with E-state index in [-0.39, 0.29) is 16.2 Å². The minimum Gasteiger partial charge on any atom is -0.339 e. The maximum atomic E-state index is 12.1. The Labute approximate surface area is 96.0 Å². The zero-order valence-electron chi connectivity index (χ0n) is 9.80. The van der Waals surface area contributed by atoms with E-state index >= 15 is 0 Å². The number of carbonyl (C=O) groups is 1. The molecule has 15 heavy (non-hydrogen) atoms. The smallest absolute Gasteiger partial charge is 0.228 e. The summed E-state index contributed by atoms with van der Waals surface area (Å²) in [6, 6.07) is 0. The lowest BCUT2D eigenvalue weighted by Crippen LogP contribution is -2.44. The van der Waals surface area contributed by atoms with Crippen molar-refractivity contribution in [2.24, 2.45) is 5.41 Å². The molecular weight excluding hydrogens is 208 g/mol. The molecule has 2 saturated heterocycles. The van der Waals surface area contributed by atoms with Crippen LogP contribution in [0.2, 0.25) is 0 Å². The maximum absolute atomic E-state index is 12.1. The Hall–Kier alpha value is -0.220. The molecule has 2 rings (SSSR count). The Kier molecular flexibility index (Phi) is 2.75. The molecule has 4 heteroatoms. The molecule has 0 aromatic heterocycles. The average molecular weight is 228 g/mol. The van der Waals surface area contributed by atoms with Crippen LogP contribution >= 0.6 is 11.8 Å². The quantitative estimate of drug-likeness (QED) is 0.678. The van der Waals surface area contributed by atoms with Gasteiger partial charge in [0, 0.05) is 30.8 Å². The third kappa shape index (κ3) is 2.16. The summed E-state index contributed by atoms with van der Waals surface area (Å²) in [6.07, 6.45) is 1.10. The van der Waals surface area contributed by atoms with Crippen LogP contribution in [0.3, 0.4) is 0 Å². The van der Waals surface area contributed by atoms with Gasteiger partial charge in [-0.1, -0.05) is 20.8 Å². The summed E-state index contributed by atoms with van der Waals surface area (Å²) in [7, 11) is 0. The second kappa shape index (κ2) is 3.67. The summed E-state index contributed by atoms with van der Waals surface area (Å²) in [5.74, 6) is 1.46. The standard InChI is InChI=1S/C11H20N2OS/c1-10(2,3)9(14)13-6-4-11(8-13)12-5-7-15-11/h12H,4-8H2,1-3H3. The van der Waals surface area contributed by atoms with Gasteiger partial charge in [0.15, 0.2) is 0 Å². The van der Waals surface area contributed by atoms with Crippen molar-refractivity contribution in [2.75, 3.05) is 25.4 Å². The molecule has 2 fully saturated rings. The van der Waals surface area contributed by atoms with Crippen molar-refractivity contribution in [3.63, 3.8) is 0 Å². The Bertz CT molecular complexity index is 266. The Morgan fingerprint density at radius 3 is 2.73 bits per heavy atom. The predicted molar refractivity (Wildman–Crippen MR) is 63.8 cm³/mol. The molecule has 0 aromatic rings. The summed E-state index contributed by atoms with van der Waals surface area (Å²) in [6.45, 7) is 8.87. The predicted octanol–water partition coefficient (Wildman–Crippen LogP) is 1.30. The fourth-order valence-corrected chi connectivity index (χ4v) is 3.55. The van der Waals surface area contributed by atoms with E-state index in [1.54, 1.807) is 0 Å². The van der Waals surface area contributed by atoms with Gasteiger partial charge in [0.25, 0.3) is 0 Å². The summed E-state index contributed by atoms with van der Waals surface area (Å²) in [4.78, 5) is 14.3. The van der Waals surface area contributed by atoms with Crippen molar-refractivity contribution in [1.29, 1.82) is 0 Å². The first kappa shape index (κ1) is 11.3. The van der Waals surface area contributed by atoms with E-state index in [2.05, 4.69) is 5.32 Å². The van der Waals surface area contributed by atoms with E-state index in [0.29, 0.717) is 0 Å². The molecule has 2 heterocycles. The van der Waals surface area contributed by atoms with Gasteiger partial charge in [-0.2, -0.15) is 0 Å². The number of likely N-dealkylation sites (tertiary alicyclic amines) is 1. The molecular formula is C11H20N2OS. The molecule has 1 unspecified atom stereocenters. The lowest BCUT2D eigenvalue weighted by molar-refractivity contribution is -0.138. The molecule has 0 radical (unpaired) electrons. The van der Waals surface area contributed by atoms with Crippen LogP contribution in [0.15, 0.2) is 0 Å². The minimum absolute atomic E-state index is 0.181. The Morgan fingerprint density at radius 2 is 2.20 bits per heavy atom. The molecule has 86 valence electrons. The minimum atomic E-state index is -0.241. The zero-order chi connectivity index (χ0) is 11.1. The molecule has 2 aliphatic heterocycles. The monoisotopic (exact) mass is 228 g/mol. The van der Waals surface area contributed by atoms with E-state index in [9.17, 15) is 4.79 Å². The van der Waals surface area contributed by atoms with Gasteiger partial charge >= 0.3 is 0 Å². The number of hydrogen-bond acceptors (Lipinski definition) is 3. The van der Waals surface area contributed by atoms with Crippen LogP contribution in [-0.4, -0.2) is 41.1 Å². The summed E-state index contributed by atoms with van der Waals surface area (Å²) in [5.41, 5.74) is -0.241. The van der Waals surface area contributed by atoms with Crippen LogP contribution in [0.1, 0.15) is 27.2 Å². The third-order valence-electron chi connectivity index (χ3n) is 3.09.